The first-order valence-electron chi connectivity index (χ1n) is 12.4. The smallest absolute Gasteiger partial charge is 0.432 e. The van der Waals surface area contributed by atoms with Crippen LogP contribution in [0.1, 0.15) is 50.8 Å². The van der Waals surface area contributed by atoms with Crippen LogP contribution in [0.4, 0.5) is 16.3 Å². The molecule has 0 aliphatic heterocycles. The Bertz CT molecular complexity index is 1800. The van der Waals surface area contributed by atoms with E-state index in [2.05, 4.69) is 26.1 Å². The maximum atomic E-state index is 13.3. The fourth-order valence-electron chi connectivity index (χ4n) is 4.27. The van der Waals surface area contributed by atoms with Crippen LogP contribution in [-0.4, -0.2) is 48.5 Å². The number of carbonyl (C=O) groups excluding carboxylic acids is 3. The normalized spacial score (nSPS) is 11.3. The Hall–Kier alpha value is -5.72. The molecule has 0 spiro atoms. The molecule has 3 aromatic heterocycles. The third-order valence-electron chi connectivity index (χ3n) is 6.39. The number of hydrogen-bond acceptors (Lipinski definition) is 7. The lowest BCUT2D eigenvalue weighted by Gasteiger charge is -2.26. The molecule has 0 saturated heterocycles. The number of amides is 3. The zero-order valence-corrected chi connectivity index (χ0v) is 22.2. The van der Waals surface area contributed by atoms with Crippen LogP contribution >= 0.6 is 0 Å². The second-order valence-electron chi connectivity index (χ2n) is 9.61. The van der Waals surface area contributed by atoms with Crippen molar-refractivity contribution in [3.63, 3.8) is 0 Å². The molecule has 5 aromatic rings. The molecule has 0 unspecified atom stereocenters. The van der Waals surface area contributed by atoms with Crippen LogP contribution < -0.4 is 16.0 Å². The maximum absolute atomic E-state index is 13.3. The lowest BCUT2D eigenvalue weighted by atomic mass is 9.94. The average Bonchev–Trinajstić information content (AvgIpc) is 3.65. The minimum Gasteiger partial charge on any atom is -0.463 e. The third kappa shape index (κ3) is 5.28. The molecule has 13 heteroatoms. The van der Waals surface area contributed by atoms with Crippen molar-refractivity contribution in [2.75, 3.05) is 10.6 Å². The van der Waals surface area contributed by atoms with Gasteiger partial charge < -0.3 is 25.5 Å². The van der Waals surface area contributed by atoms with Crippen LogP contribution in [0.25, 0.3) is 11.1 Å². The highest BCUT2D eigenvalue weighted by atomic mass is 16.4. The van der Waals surface area contributed by atoms with Gasteiger partial charge in [-0.25, -0.2) is 4.79 Å². The molecule has 5 rings (SSSR count). The lowest BCUT2D eigenvalue weighted by molar-refractivity contribution is 0.0885. The standard InChI is InChI=1S/C28H25N7O6/c1-28(2,16-9-5-4-6-10-16)32-26(38)21-15-20-22(41-21)23(33-35(20)27(39)40)31-24(36)17-11-7-8-12-18(17)30-25(37)19-13-14-29-34(19)3/h4-15H,1-3H3,(H,30,37)(H,32,38)(H,39,40)(H,31,33,36). The summed E-state index contributed by atoms with van der Waals surface area (Å²) in [6, 6.07) is 18.3. The number of rotatable bonds is 7. The van der Waals surface area contributed by atoms with Gasteiger partial charge in [-0.3, -0.25) is 19.1 Å². The number of carboxylic acid groups (broad SMARTS) is 1. The van der Waals surface area contributed by atoms with E-state index in [0.29, 0.717) is 4.68 Å². The number of nitrogens with zero attached hydrogens (tertiary/aromatic N) is 4. The molecular weight excluding hydrogens is 530 g/mol. The molecule has 41 heavy (non-hydrogen) atoms. The number of nitrogens with one attached hydrogen (secondary N) is 3. The maximum Gasteiger partial charge on any atom is 0.432 e. The van der Waals surface area contributed by atoms with Gasteiger partial charge in [0.25, 0.3) is 17.7 Å². The minimum atomic E-state index is -1.45. The van der Waals surface area contributed by atoms with E-state index >= 15 is 0 Å². The van der Waals surface area contributed by atoms with E-state index < -0.39 is 29.4 Å². The van der Waals surface area contributed by atoms with E-state index in [9.17, 15) is 24.3 Å². The second-order valence-corrected chi connectivity index (χ2v) is 9.61. The Morgan fingerprint density at radius 2 is 1.61 bits per heavy atom. The van der Waals surface area contributed by atoms with Gasteiger partial charge in [-0.1, -0.05) is 42.5 Å². The van der Waals surface area contributed by atoms with Crippen LogP contribution in [0.2, 0.25) is 0 Å². The molecule has 13 nitrogen and oxygen atoms in total. The fourth-order valence-corrected chi connectivity index (χ4v) is 4.27. The van der Waals surface area contributed by atoms with Crippen molar-refractivity contribution in [2.45, 2.75) is 19.4 Å². The number of fused-ring (bicyclic) bond motifs is 1. The fraction of sp³-hybridized carbons (Fsp3) is 0.143. The van der Waals surface area contributed by atoms with Crippen LogP contribution in [0.15, 0.2) is 77.3 Å². The molecule has 0 atom stereocenters. The van der Waals surface area contributed by atoms with Gasteiger partial charge in [0.2, 0.25) is 0 Å². The van der Waals surface area contributed by atoms with E-state index in [-0.39, 0.29) is 39.6 Å². The second kappa shape index (κ2) is 10.4. The number of aromatic nitrogens is 4. The summed E-state index contributed by atoms with van der Waals surface area (Å²) in [5.41, 5.74) is 0.495. The minimum absolute atomic E-state index is 0.0340. The first-order valence-corrected chi connectivity index (χ1v) is 12.4. The summed E-state index contributed by atoms with van der Waals surface area (Å²) in [4.78, 5) is 51.0. The Morgan fingerprint density at radius 3 is 2.29 bits per heavy atom. The highest BCUT2D eigenvalue weighted by Gasteiger charge is 2.28. The zero-order chi connectivity index (χ0) is 29.3. The summed E-state index contributed by atoms with van der Waals surface area (Å²) in [6.45, 7) is 3.64. The van der Waals surface area contributed by atoms with Crippen molar-refractivity contribution in [3.05, 3.63) is 95.5 Å². The first-order chi connectivity index (χ1) is 19.5. The summed E-state index contributed by atoms with van der Waals surface area (Å²) in [6.07, 6.45) is 0.0228. The molecule has 0 radical (unpaired) electrons. The van der Waals surface area contributed by atoms with E-state index in [0.717, 1.165) is 5.56 Å². The highest BCUT2D eigenvalue weighted by molar-refractivity contribution is 6.13. The van der Waals surface area contributed by atoms with Crippen molar-refractivity contribution in [1.82, 2.24) is 24.9 Å². The third-order valence-corrected chi connectivity index (χ3v) is 6.39. The lowest BCUT2D eigenvalue weighted by Crippen LogP contribution is -2.40. The summed E-state index contributed by atoms with van der Waals surface area (Å²) in [5.74, 6) is -2.16. The highest BCUT2D eigenvalue weighted by Crippen LogP contribution is 2.29. The van der Waals surface area contributed by atoms with Crippen molar-refractivity contribution in [2.24, 2.45) is 7.05 Å². The first kappa shape index (κ1) is 26.9. The Kier molecular flexibility index (Phi) is 6.85. The van der Waals surface area contributed by atoms with Crippen LogP contribution in [-0.2, 0) is 12.6 Å². The number of benzene rings is 2. The number of aryl methyl sites for hydroxylation is 1. The van der Waals surface area contributed by atoms with Gasteiger partial charge in [-0.15, -0.1) is 5.10 Å². The van der Waals surface area contributed by atoms with Crippen LogP contribution in [0, 0.1) is 0 Å². The number of hydrogen-bond donors (Lipinski definition) is 4. The molecule has 0 aliphatic carbocycles. The molecule has 0 fully saturated rings. The number of carbonyl (C=O) groups is 4. The Labute approximate surface area is 232 Å². The van der Waals surface area contributed by atoms with Crippen LogP contribution in [0.3, 0.4) is 0 Å². The van der Waals surface area contributed by atoms with Crippen LogP contribution in [0.5, 0.6) is 0 Å². The van der Waals surface area contributed by atoms with Gasteiger partial charge in [-0.05, 0) is 37.6 Å². The largest absolute Gasteiger partial charge is 0.463 e. The van der Waals surface area contributed by atoms with E-state index in [1.807, 2.05) is 44.2 Å². The van der Waals surface area contributed by atoms with E-state index in [4.69, 9.17) is 4.42 Å². The predicted molar refractivity (Wildman–Crippen MR) is 148 cm³/mol. The SMILES string of the molecule is Cn1nccc1C(=O)Nc1ccccc1C(=O)Nc1nn(C(=O)O)c2cc(C(=O)NC(C)(C)c3ccccc3)oc12. The summed E-state index contributed by atoms with van der Waals surface area (Å²) in [7, 11) is 1.61. The number of anilines is 2. The van der Waals surface area contributed by atoms with Crippen molar-refractivity contribution >= 4 is 46.4 Å². The number of para-hydroxylation sites is 1. The molecule has 2 aromatic carbocycles. The Morgan fingerprint density at radius 1 is 0.902 bits per heavy atom. The molecule has 0 bridgehead atoms. The van der Waals surface area contributed by atoms with Crippen molar-refractivity contribution in [3.8, 4) is 0 Å². The monoisotopic (exact) mass is 555 g/mol. The molecule has 4 N–H and O–H groups in total. The molecule has 3 amide bonds. The van der Waals surface area contributed by atoms with Gasteiger partial charge in [-0.2, -0.15) is 9.78 Å². The van der Waals surface area contributed by atoms with Crippen molar-refractivity contribution < 1.29 is 28.7 Å². The summed E-state index contributed by atoms with van der Waals surface area (Å²) >= 11 is 0. The van der Waals surface area contributed by atoms with E-state index in [1.54, 1.807) is 25.2 Å². The average molecular weight is 556 g/mol. The quantitative estimate of drug-likeness (QED) is 0.233. The van der Waals surface area contributed by atoms with Gasteiger partial charge in [0.05, 0.1) is 16.8 Å². The van der Waals surface area contributed by atoms with Gasteiger partial charge in [0, 0.05) is 19.3 Å². The summed E-state index contributed by atoms with van der Waals surface area (Å²) < 4.78 is 7.70. The topological polar surface area (TPSA) is 173 Å². The summed E-state index contributed by atoms with van der Waals surface area (Å²) in [5, 5.41) is 25.7. The van der Waals surface area contributed by atoms with Gasteiger partial charge in [0.15, 0.2) is 17.2 Å². The number of furan rings is 1. The van der Waals surface area contributed by atoms with Crippen molar-refractivity contribution in [1.29, 1.82) is 0 Å². The van der Waals surface area contributed by atoms with Gasteiger partial charge >= 0.3 is 6.09 Å². The Balaban J connectivity index is 1.42. The molecule has 3 heterocycles. The molecule has 0 aliphatic rings. The zero-order valence-electron chi connectivity index (χ0n) is 22.2. The molecule has 0 saturated carbocycles. The van der Waals surface area contributed by atoms with E-state index in [1.165, 1.54) is 29.1 Å². The molecule has 208 valence electrons. The predicted octanol–water partition coefficient (Wildman–Crippen LogP) is 4.06. The van der Waals surface area contributed by atoms with Gasteiger partial charge in [0.1, 0.15) is 11.2 Å². The molecular formula is C28H25N7O6.